The van der Waals surface area contributed by atoms with Gasteiger partial charge in [0, 0.05) is 5.92 Å². The summed E-state index contributed by atoms with van der Waals surface area (Å²) in [5.41, 5.74) is 4.78. The summed E-state index contributed by atoms with van der Waals surface area (Å²) in [6.45, 7) is 6.55. The maximum atomic E-state index is 11.1. The van der Waals surface area contributed by atoms with Gasteiger partial charge in [-0.15, -0.1) is 0 Å². The van der Waals surface area contributed by atoms with Crippen molar-refractivity contribution in [1.29, 1.82) is 0 Å². The van der Waals surface area contributed by atoms with E-state index in [2.05, 4.69) is 0 Å². The van der Waals surface area contributed by atoms with E-state index < -0.39 is 79.5 Å². The molecule has 8 N–H and O–H groups in total. The number of ether oxygens (including phenoxy) is 4. The maximum absolute atomic E-state index is 11.1. The van der Waals surface area contributed by atoms with Crippen LogP contribution in [0.25, 0.3) is 0 Å². The predicted molar refractivity (Wildman–Crippen MR) is 110 cm³/mol. The van der Waals surface area contributed by atoms with Gasteiger partial charge in [-0.05, 0) is 25.2 Å². The first-order valence-electron chi connectivity index (χ1n) is 11.3. The van der Waals surface area contributed by atoms with Crippen molar-refractivity contribution in [3.05, 3.63) is 0 Å². The topological polar surface area (TPSA) is 184 Å². The molecule has 6 unspecified atom stereocenters. The highest BCUT2D eigenvalue weighted by atomic mass is 16.7. The zero-order valence-electron chi connectivity index (χ0n) is 19.0. The Morgan fingerprint density at radius 2 is 1.47 bits per heavy atom. The van der Waals surface area contributed by atoms with Crippen molar-refractivity contribution >= 4 is 0 Å². The molecule has 11 nitrogen and oxygen atoms in total. The Morgan fingerprint density at radius 3 is 2.03 bits per heavy atom. The molecule has 0 aromatic carbocycles. The second-order valence-corrected chi connectivity index (χ2v) is 9.98. The Bertz CT molecular complexity index is 621. The van der Waals surface area contributed by atoms with Gasteiger partial charge in [-0.3, -0.25) is 0 Å². The number of aliphatic hydroxyl groups is 6. The molecule has 14 atom stereocenters. The molecule has 188 valence electrons. The van der Waals surface area contributed by atoms with Crippen LogP contribution >= 0.6 is 0 Å². The van der Waals surface area contributed by atoms with Crippen LogP contribution in [0.15, 0.2) is 0 Å². The van der Waals surface area contributed by atoms with Gasteiger partial charge in [0.15, 0.2) is 12.6 Å². The summed E-state index contributed by atoms with van der Waals surface area (Å²) in [5, 5.41) is 61.6. The van der Waals surface area contributed by atoms with Gasteiger partial charge in [0.2, 0.25) is 0 Å². The highest BCUT2D eigenvalue weighted by Crippen LogP contribution is 2.38. The third-order valence-electron chi connectivity index (χ3n) is 7.36. The minimum absolute atomic E-state index is 0.0169. The smallest absolute Gasteiger partial charge is 0.184 e. The van der Waals surface area contributed by atoms with Crippen LogP contribution in [-0.4, -0.2) is 111 Å². The van der Waals surface area contributed by atoms with E-state index in [1.54, 1.807) is 13.8 Å². The summed E-state index contributed by atoms with van der Waals surface area (Å²) >= 11 is 0. The minimum atomic E-state index is -1.37. The van der Waals surface area contributed by atoms with Crippen molar-refractivity contribution in [3.8, 4) is 0 Å². The molecule has 0 spiro atoms. The largest absolute Gasteiger partial charge is 0.394 e. The Balaban J connectivity index is 1.70. The van der Waals surface area contributed by atoms with Gasteiger partial charge in [0.05, 0.1) is 37.1 Å². The third kappa shape index (κ3) is 4.98. The van der Waals surface area contributed by atoms with E-state index in [1.165, 1.54) is 0 Å². The van der Waals surface area contributed by atoms with Crippen LogP contribution in [0, 0.1) is 17.8 Å². The van der Waals surface area contributed by atoms with Crippen molar-refractivity contribution in [2.24, 2.45) is 23.5 Å². The first kappa shape index (κ1) is 26.2. The standard InChI is InChI=1S/C21H39NO10/c1-8-5-9(2)18(32-20-13(24)10(3)21(4,28)7-29-20)16(27)17(8)31-19-12(22)15(26)14(25)11(6-23)30-19/h8-20,23-28H,5-7,22H2,1-4H3/t8?,9-,10?,11?,12?,13-,14-,15-,16?,17-,18-,19-,20?,21+/m1/s1. The molecule has 2 heterocycles. The van der Waals surface area contributed by atoms with E-state index in [-0.39, 0.29) is 18.4 Å². The van der Waals surface area contributed by atoms with Crippen LogP contribution in [0.4, 0.5) is 0 Å². The summed E-state index contributed by atoms with van der Waals surface area (Å²) < 4.78 is 23.1. The summed E-state index contributed by atoms with van der Waals surface area (Å²) in [7, 11) is 0. The molecule has 2 saturated heterocycles. The monoisotopic (exact) mass is 465 g/mol. The predicted octanol–water partition coefficient (Wildman–Crippen LogP) is -2.34. The number of hydrogen-bond donors (Lipinski definition) is 7. The van der Waals surface area contributed by atoms with Crippen molar-refractivity contribution in [2.45, 2.75) is 101 Å². The normalized spacial score (nSPS) is 55.0. The molecule has 0 aromatic rings. The van der Waals surface area contributed by atoms with Crippen LogP contribution in [0.3, 0.4) is 0 Å². The SMILES string of the molecule is CC1C[C@@H](C)[C@@H](OC2OC[C@](C)(O)C(C)[C@H]2O)C(O)[C@@H]1O[C@H]1OC(CO)[C@@H](O)[C@H](O)C1N. The molecule has 3 fully saturated rings. The van der Waals surface area contributed by atoms with Gasteiger partial charge in [0.1, 0.15) is 30.5 Å². The quantitative estimate of drug-likeness (QED) is 0.231. The molecule has 3 rings (SSSR count). The van der Waals surface area contributed by atoms with Crippen molar-refractivity contribution in [2.75, 3.05) is 13.2 Å². The minimum Gasteiger partial charge on any atom is -0.394 e. The Hall–Kier alpha value is -0.440. The van der Waals surface area contributed by atoms with Crippen LogP contribution < -0.4 is 5.73 Å². The second-order valence-electron chi connectivity index (χ2n) is 9.98. The lowest BCUT2D eigenvalue weighted by Gasteiger charge is -2.49. The number of rotatable bonds is 5. The average Bonchev–Trinajstić information content (AvgIpc) is 2.73. The Labute approximate surface area is 188 Å². The molecule has 3 aliphatic rings. The lowest BCUT2D eigenvalue weighted by Crippen LogP contribution is -2.65. The molecule has 11 heteroatoms. The summed E-state index contributed by atoms with van der Waals surface area (Å²) in [4.78, 5) is 0. The molecular weight excluding hydrogens is 426 g/mol. The molecule has 0 radical (unpaired) electrons. The van der Waals surface area contributed by atoms with E-state index in [9.17, 15) is 30.6 Å². The first-order chi connectivity index (χ1) is 14.9. The van der Waals surface area contributed by atoms with Crippen molar-refractivity contribution < 1.29 is 49.6 Å². The van der Waals surface area contributed by atoms with Gasteiger partial charge in [0.25, 0.3) is 0 Å². The highest BCUT2D eigenvalue weighted by Gasteiger charge is 2.50. The van der Waals surface area contributed by atoms with Crippen molar-refractivity contribution in [3.63, 3.8) is 0 Å². The second kappa shape index (κ2) is 10.0. The zero-order valence-corrected chi connectivity index (χ0v) is 19.0. The van der Waals surface area contributed by atoms with Crippen LogP contribution in [0.5, 0.6) is 0 Å². The molecule has 32 heavy (non-hydrogen) atoms. The highest BCUT2D eigenvalue weighted by molar-refractivity contribution is 4.97. The van der Waals surface area contributed by atoms with E-state index in [0.717, 1.165) is 0 Å². The lowest BCUT2D eigenvalue weighted by molar-refractivity contribution is -0.327. The van der Waals surface area contributed by atoms with E-state index in [1.807, 2.05) is 13.8 Å². The summed E-state index contributed by atoms with van der Waals surface area (Å²) in [5.74, 6) is -0.712. The Kier molecular flexibility index (Phi) is 8.21. The van der Waals surface area contributed by atoms with E-state index in [4.69, 9.17) is 24.7 Å². The summed E-state index contributed by atoms with van der Waals surface area (Å²) in [6, 6.07) is -1.09. The molecular formula is C21H39NO10. The lowest BCUT2D eigenvalue weighted by atomic mass is 9.77. The number of nitrogens with two attached hydrogens (primary N) is 1. The fraction of sp³-hybridized carbons (Fsp3) is 1.00. The van der Waals surface area contributed by atoms with Gasteiger partial charge in [-0.1, -0.05) is 20.8 Å². The molecule has 0 bridgehead atoms. The zero-order chi connectivity index (χ0) is 24.0. The van der Waals surface area contributed by atoms with Gasteiger partial charge < -0.3 is 55.3 Å². The van der Waals surface area contributed by atoms with E-state index >= 15 is 0 Å². The van der Waals surface area contributed by atoms with Gasteiger partial charge >= 0.3 is 0 Å². The average molecular weight is 466 g/mol. The van der Waals surface area contributed by atoms with Gasteiger partial charge in [-0.25, -0.2) is 0 Å². The van der Waals surface area contributed by atoms with Crippen molar-refractivity contribution in [1.82, 2.24) is 0 Å². The molecule has 1 saturated carbocycles. The molecule has 0 amide bonds. The Morgan fingerprint density at radius 1 is 0.906 bits per heavy atom. The fourth-order valence-electron chi connectivity index (χ4n) is 4.88. The summed E-state index contributed by atoms with van der Waals surface area (Å²) in [6.07, 6.45) is -9.10. The van der Waals surface area contributed by atoms with Crippen LogP contribution in [0.2, 0.25) is 0 Å². The molecule has 1 aliphatic carbocycles. The number of hydrogen-bond acceptors (Lipinski definition) is 11. The van der Waals surface area contributed by atoms with Gasteiger partial charge in [-0.2, -0.15) is 0 Å². The number of aliphatic hydroxyl groups excluding tert-OH is 5. The maximum Gasteiger partial charge on any atom is 0.184 e. The molecule has 2 aliphatic heterocycles. The van der Waals surface area contributed by atoms with E-state index in [0.29, 0.717) is 6.42 Å². The van der Waals surface area contributed by atoms with Crippen LogP contribution in [-0.2, 0) is 18.9 Å². The molecule has 0 aromatic heterocycles. The third-order valence-corrected chi connectivity index (χ3v) is 7.36. The fourth-order valence-corrected chi connectivity index (χ4v) is 4.88. The van der Waals surface area contributed by atoms with Crippen LogP contribution in [0.1, 0.15) is 34.1 Å². The first-order valence-corrected chi connectivity index (χ1v) is 11.3.